The number of ether oxygens (including phenoxy) is 1. The molecule has 92 valence electrons. The zero-order chi connectivity index (χ0) is 13.7. The second kappa shape index (κ2) is 5.45. The normalized spacial score (nSPS) is 11.1. The Labute approximate surface area is 102 Å². The van der Waals surface area contributed by atoms with Gasteiger partial charge in [-0.15, -0.1) is 0 Å². The van der Waals surface area contributed by atoms with Gasteiger partial charge in [-0.05, 0) is 6.07 Å². The molecule has 0 amide bonds. The van der Waals surface area contributed by atoms with Gasteiger partial charge in [-0.2, -0.15) is 5.26 Å². The number of nitro benzene ring substituents is 1. The van der Waals surface area contributed by atoms with E-state index in [1.54, 1.807) is 6.07 Å². The molecule has 0 saturated heterocycles. The van der Waals surface area contributed by atoms with Gasteiger partial charge >= 0.3 is 5.97 Å². The van der Waals surface area contributed by atoms with Gasteiger partial charge in [0.2, 0.25) is 0 Å². The van der Waals surface area contributed by atoms with E-state index in [1.807, 2.05) is 0 Å². The van der Waals surface area contributed by atoms with Crippen LogP contribution in [0, 0.1) is 21.4 Å². The van der Waals surface area contributed by atoms with Crippen LogP contribution in [-0.4, -0.2) is 18.0 Å². The number of nitrogens with zero attached hydrogens (tertiary/aromatic N) is 2. The molecular weight excluding hydrogens is 238 g/mol. The maximum absolute atomic E-state index is 11.3. The second-order valence-electron chi connectivity index (χ2n) is 3.17. The van der Waals surface area contributed by atoms with E-state index in [0.717, 1.165) is 7.11 Å². The smallest absolute Gasteiger partial charge is 0.350 e. The summed E-state index contributed by atoms with van der Waals surface area (Å²) in [4.78, 5) is 21.4. The minimum absolute atomic E-state index is 0.00412. The van der Waals surface area contributed by atoms with Gasteiger partial charge in [0, 0.05) is 6.07 Å². The molecule has 0 fully saturated rings. The number of benzene rings is 1. The quantitative estimate of drug-likeness (QED) is 0.279. The summed E-state index contributed by atoms with van der Waals surface area (Å²) in [6.07, 6.45) is 0. The van der Waals surface area contributed by atoms with Crippen molar-refractivity contribution < 1.29 is 14.5 Å². The summed E-state index contributed by atoms with van der Waals surface area (Å²) in [6, 6.07) is 7.13. The van der Waals surface area contributed by atoms with Crippen LogP contribution in [0.3, 0.4) is 0 Å². The fourth-order valence-corrected chi connectivity index (χ4v) is 1.31. The third-order valence-electron chi connectivity index (χ3n) is 2.16. The molecule has 1 aromatic rings. The number of hydrogen-bond acceptors (Lipinski definition) is 6. The number of nitro groups is 1. The van der Waals surface area contributed by atoms with E-state index in [-0.39, 0.29) is 16.9 Å². The first-order valence-corrected chi connectivity index (χ1v) is 4.74. The average molecular weight is 247 g/mol. The molecule has 0 bridgehead atoms. The standard InChI is InChI=1S/C11H9N3O4/c1-18-11(15)8(6-12)10(13)7-4-2-3-5-9(7)14(16)17/h2-5H,13H2,1H3/b10-8-. The van der Waals surface area contributed by atoms with Gasteiger partial charge in [0.05, 0.1) is 23.3 Å². The Balaban J connectivity index is 3.47. The largest absolute Gasteiger partial charge is 0.465 e. The monoisotopic (exact) mass is 247 g/mol. The average Bonchev–Trinajstić information content (AvgIpc) is 2.39. The molecule has 0 aliphatic carbocycles. The van der Waals surface area contributed by atoms with Crippen LogP contribution in [0.1, 0.15) is 5.56 Å². The number of esters is 1. The zero-order valence-corrected chi connectivity index (χ0v) is 9.41. The molecule has 2 N–H and O–H groups in total. The van der Waals surface area contributed by atoms with Gasteiger partial charge in [-0.25, -0.2) is 4.79 Å². The Kier molecular flexibility index (Phi) is 3.99. The lowest BCUT2D eigenvalue weighted by Crippen LogP contribution is -2.11. The summed E-state index contributed by atoms with van der Waals surface area (Å²) in [5.74, 6) is -0.937. The highest BCUT2D eigenvalue weighted by molar-refractivity contribution is 6.01. The molecule has 0 spiro atoms. The SMILES string of the molecule is COC(=O)/C(C#N)=C(\N)c1ccccc1[N+](=O)[O-]. The Morgan fingerprint density at radius 3 is 2.61 bits per heavy atom. The lowest BCUT2D eigenvalue weighted by Gasteiger charge is -2.05. The molecule has 0 unspecified atom stereocenters. The summed E-state index contributed by atoms with van der Waals surface area (Å²) in [5, 5.41) is 19.6. The van der Waals surface area contributed by atoms with Gasteiger partial charge in [0.25, 0.3) is 5.69 Å². The Bertz CT molecular complexity index is 572. The van der Waals surface area contributed by atoms with Gasteiger partial charge < -0.3 is 10.5 Å². The summed E-state index contributed by atoms with van der Waals surface area (Å²) >= 11 is 0. The number of para-hydroxylation sites is 1. The van der Waals surface area contributed by atoms with Crippen molar-refractivity contribution in [3.8, 4) is 6.07 Å². The van der Waals surface area contributed by atoms with Gasteiger partial charge in [0.1, 0.15) is 6.07 Å². The van der Waals surface area contributed by atoms with E-state index in [9.17, 15) is 14.9 Å². The highest BCUT2D eigenvalue weighted by atomic mass is 16.6. The van der Waals surface area contributed by atoms with Crippen LogP contribution in [0.15, 0.2) is 29.8 Å². The molecule has 0 aliphatic rings. The minimum atomic E-state index is -0.937. The molecule has 1 aromatic carbocycles. The number of carbonyl (C=O) groups excluding carboxylic acids is 1. The predicted octanol–water partition coefficient (Wildman–Crippen LogP) is 0.961. The first-order valence-electron chi connectivity index (χ1n) is 4.74. The number of rotatable bonds is 3. The van der Waals surface area contributed by atoms with Crippen molar-refractivity contribution in [1.82, 2.24) is 0 Å². The fraction of sp³-hybridized carbons (Fsp3) is 0.0909. The van der Waals surface area contributed by atoms with Crippen molar-refractivity contribution in [2.75, 3.05) is 7.11 Å². The number of nitrogens with two attached hydrogens (primary N) is 1. The van der Waals surface area contributed by atoms with E-state index in [1.165, 1.54) is 24.3 Å². The third kappa shape index (κ3) is 2.44. The lowest BCUT2D eigenvalue weighted by molar-refractivity contribution is -0.385. The second-order valence-corrected chi connectivity index (χ2v) is 3.17. The lowest BCUT2D eigenvalue weighted by atomic mass is 10.1. The van der Waals surface area contributed by atoms with Crippen molar-refractivity contribution in [3.63, 3.8) is 0 Å². The summed E-state index contributed by atoms with van der Waals surface area (Å²) in [5.41, 5.74) is 4.59. The highest BCUT2D eigenvalue weighted by Gasteiger charge is 2.21. The van der Waals surface area contributed by atoms with E-state index >= 15 is 0 Å². The van der Waals surface area contributed by atoms with Crippen LogP contribution in [0.25, 0.3) is 5.70 Å². The van der Waals surface area contributed by atoms with Crippen molar-refractivity contribution in [2.24, 2.45) is 5.73 Å². The van der Waals surface area contributed by atoms with E-state index < -0.39 is 16.5 Å². The maximum Gasteiger partial charge on any atom is 0.350 e. The molecule has 7 heteroatoms. The molecule has 0 atom stereocenters. The molecule has 0 heterocycles. The molecular formula is C11H9N3O4. The van der Waals surface area contributed by atoms with Gasteiger partial charge in [-0.1, -0.05) is 12.1 Å². The van der Waals surface area contributed by atoms with Crippen molar-refractivity contribution in [3.05, 3.63) is 45.5 Å². The predicted molar refractivity (Wildman–Crippen MR) is 61.8 cm³/mol. The van der Waals surface area contributed by atoms with Gasteiger partial charge in [0.15, 0.2) is 5.57 Å². The Hall–Kier alpha value is -2.88. The molecule has 7 nitrogen and oxygen atoms in total. The highest BCUT2D eigenvalue weighted by Crippen LogP contribution is 2.24. The fourth-order valence-electron chi connectivity index (χ4n) is 1.31. The zero-order valence-electron chi connectivity index (χ0n) is 9.41. The minimum Gasteiger partial charge on any atom is -0.465 e. The molecule has 0 saturated carbocycles. The van der Waals surface area contributed by atoms with Gasteiger partial charge in [-0.3, -0.25) is 10.1 Å². The molecule has 0 aromatic heterocycles. The third-order valence-corrected chi connectivity index (χ3v) is 2.16. The van der Waals surface area contributed by atoms with Crippen LogP contribution >= 0.6 is 0 Å². The topological polar surface area (TPSA) is 119 Å². The molecule has 18 heavy (non-hydrogen) atoms. The summed E-state index contributed by atoms with van der Waals surface area (Å²) < 4.78 is 4.38. The van der Waals surface area contributed by atoms with Crippen LogP contribution in [0.4, 0.5) is 5.69 Å². The van der Waals surface area contributed by atoms with Crippen LogP contribution < -0.4 is 5.73 Å². The number of hydrogen-bond donors (Lipinski definition) is 1. The molecule has 1 rings (SSSR count). The van der Waals surface area contributed by atoms with Crippen molar-refractivity contribution >= 4 is 17.4 Å². The van der Waals surface area contributed by atoms with Crippen LogP contribution in [0.2, 0.25) is 0 Å². The van der Waals surface area contributed by atoms with Crippen LogP contribution in [0.5, 0.6) is 0 Å². The summed E-state index contributed by atoms with van der Waals surface area (Å²) in [6.45, 7) is 0. The first-order chi connectivity index (χ1) is 8.52. The summed E-state index contributed by atoms with van der Waals surface area (Å²) in [7, 11) is 1.09. The first kappa shape index (κ1) is 13.2. The van der Waals surface area contributed by atoms with E-state index in [2.05, 4.69) is 4.74 Å². The Morgan fingerprint density at radius 1 is 1.50 bits per heavy atom. The molecule has 0 radical (unpaired) electrons. The van der Waals surface area contributed by atoms with Crippen molar-refractivity contribution in [2.45, 2.75) is 0 Å². The number of methoxy groups -OCH3 is 1. The Morgan fingerprint density at radius 2 is 2.11 bits per heavy atom. The number of carbonyl (C=O) groups is 1. The van der Waals surface area contributed by atoms with Crippen molar-refractivity contribution in [1.29, 1.82) is 5.26 Å². The molecule has 0 aliphatic heterocycles. The van der Waals surface area contributed by atoms with E-state index in [0.29, 0.717) is 0 Å². The number of nitriles is 1. The van der Waals surface area contributed by atoms with E-state index in [4.69, 9.17) is 11.0 Å². The van der Waals surface area contributed by atoms with Crippen LogP contribution in [-0.2, 0) is 9.53 Å². The maximum atomic E-state index is 11.3.